The first-order chi connectivity index (χ1) is 21.6. The molecule has 0 aromatic heterocycles. The van der Waals surface area contributed by atoms with Gasteiger partial charge in [0.25, 0.3) is 0 Å². The lowest BCUT2D eigenvalue weighted by Crippen LogP contribution is -2.19. The van der Waals surface area contributed by atoms with Crippen LogP contribution in [0.4, 0.5) is 0 Å². The van der Waals surface area contributed by atoms with E-state index in [1.165, 1.54) is 75.3 Å². The van der Waals surface area contributed by atoms with Gasteiger partial charge in [-0.15, -0.1) is 0 Å². The van der Waals surface area contributed by atoms with Gasteiger partial charge in [0.05, 0.1) is 11.7 Å². The van der Waals surface area contributed by atoms with Crippen LogP contribution in [-0.2, 0) is 9.47 Å². The molecule has 0 saturated heterocycles. The molecule has 0 fully saturated rings. The highest BCUT2D eigenvalue weighted by molar-refractivity contribution is 5.97. The number of hydrogen-bond acceptors (Lipinski definition) is 3. The fourth-order valence-corrected chi connectivity index (χ4v) is 5.89. The predicted molar refractivity (Wildman–Crippen MR) is 187 cm³/mol. The fourth-order valence-electron chi connectivity index (χ4n) is 5.89. The van der Waals surface area contributed by atoms with E-state index in [2.05, 4.69) is 76.2 Å². The third-order valence-corrected chi connectivity index (χ3v) is 8.69. The molecule has 0 aliphatic rings. The van der Waals surface area contributed by atoms with Gasteiger partial charge in [-0.1, -0.05) is 158 Å². The van der Waals surface area contributed by atoms with Crippen LogP contribution in [0, 0.1) is 0 Å². The van der Waals surface area contributed by atoms with Crippen molar-refractivity contribution in [2.75, 3.05) is 6.61 Å². The number of esters is 1. The van der Waals surface area contributed by atoms with Crippen molar-refractivity contribution in [1.29, 1.82) is 0 Å². The Labute approximate surface area is 268 Å². The molecule has 3 rings (SSSR count). The van der Waals surface area contributed by atoms with E-state index in [4.69, 9.17) is 9.47 Å². The van der Waals surface area contributed by atoms with Crippen LogP contribution in [0.2, 0.25) is 0 Å². The van der Waals surface area contributed by atoms with Gasteiger partial charge < -0.3 is 9.47 Å². The topological polar surface area (TPSA) is 35.5 Å². The SMILES string of the molecule is CCCCCCCCOC(C)c1ccc(-c2ccc(-c3ccccc3C(=O)OC(CCC)CCCCCCCC)cc2)cc1. The minimum Gasteiger partial charge on any atom is -0.459 e. The molecule has 0 N–H and O–H groups in total. The Morgan fingerprint density at radius 1 is 0.591 bits per heavy atom. The van der Waals surface area contributed by atoms with Gasteiger partial charge >= 0.3 is 5.97 Å². The third kappa shape index (κ3) is 12.2. The minimum absolute atomic E-state index is 0.0132. The molecule has 0 saturated carbocycles. The van der Waals surface area contributed by atoms with Crippen LogP contribution in [-0.4, -0.2) is 18.7 Å². The maximum atomic E-state index is 13.4. The van der Waals surface area contributed by atoms with Crippen LogP contribution in [0.1, 0.15) is 146 Å². The molecule has 2 unspecified atom stereocenters. The lowest BCUT2D eigenvalue weighted by atomic mass is 9.96. The van der Waals surface area contributed by atoms with Crippen LogP contribution in [0.25, 0.3) is 22.3 Å². The second-order valence-corrected chi connectivity index (χ2v) is 12.4. The first kappa shape index (κ1) is 35.6. The molecule has 0 amide bonds. The van der Waals surface area contributed by atoms with Crippen LogP contribution >= 0.6 is 0 Å². The van der Waals surface area contributed by atoms with Crippen LogP contribution < -0.4 is 0 Å². The molecule has 3 aromatic carbocycles. The van der Waals surface area contributed by atoms with E-state index in [9.17, 15) is 4.79 Å². The van der Waals surface area contributed by atoms with Gasteiger partial charge in [0.1, 0.15) is 6.10 Å². The summed E-state index contributed by atoms with van der Waals surface area (Å²) >= 11 is 0. The molecular weight excluding hydrogens is 540 g/mol. The largest absolute Gasteiger partial charge is 0.459 e. The zero-order chi connectivity index (χ0) is 31.4. The van der Waals surface area contributed by atoms with Crippen LogP contribution in [0.5, 0.6) is 0 Å². The highest BCUT2D eigenvalue weighted by atomic mass is 16.5. The molecule has 0 radical (unpaired) electrons. The molecule has 0 aliphatic heterocycles. The van der Waals surface area contributed by atoms with Crippen molar-refractivity contribution in [2.24, 2.45) is 0 Å². The molecule has 0 bridgehead atoms. The van der Waals surface area contributed by atoms with E-state index in [0.29, 0.717) is 5.56 Å². The number of carbonyl (C=O) groups is 1. The highest BCUT2D eigenvalue weighted by Crippen LogP contribution is 2.29. The number of rotatable bonds is 22. The molecule has 240 valence electrons. The Bertz CT molecular complexity index is 1180. The summed E-state index contributed by atoms with van der Waals surface area (Å²) in [6.07, 6.45) is 18.1. The standard InChI is InChI=1S/C41H58O3/c1-5-8-10-12-14-16-21-38(20-7-3)44-41(42)40-23-18-17-22-39(40)37-30-28-36(29-31-37)35-26-24-34(25-27-35)33(4)43-32-19-15-13-11-9-6-2/h17-18,22-31,33,38H,5-16,19-21,32H2,1-4H3. The average Bonchev–Trinajstić information content (AvgIpc) is 3.06. The Morgan fingerprint density at radius 3 is 1.77 bits per heavy atom. The maximum Gasteiger partial charge on any atom is 0.339 e. The zero-order valence-corrected chi connectivity index (χ0v) is 28.1. The molecule has 3 heteroatoms. The second-order valence-electron chi connectivity index (χ2n) is 12.4. The number of carbonyl (C=O) groups excluding carboxylic acids is 1. The number of hydrogen-bond donors (Lipinski definition) is 0. The Morgan fingerprint density at radius 2 is 1.14 bits per heavy atom. The van der Waals surface area contributed by atoms with E-state index in [1.54, 1.807) is 0 Å². The maximum absolute atomic E-state index is 13.4. The Hall–Kier alpha value is -2.91. The van der Waals surface area contributed by atoms with Crippen molar-refractivity contribution in [2.45, 2.75) is 136 Å². The van der Waals surface area contributed by atoms with Crippen LogP contribution in [0.3, 0.4) is 0 Å². The van der Waals surface area contributed by atoms with E-state index in [0.717, 1.165) is 55.4 Å². The number of ether oxygens (including phenoxy) is 2. The molecule has 0 spiro atoms. The van der Waals surface area contributed by atoms with Crippen molar-refractivity contribution < 1.29 is 14.3 Å². The molecule has 0 heterocycles. The quantitative estimate of drug-likeness (QED) is 0.0852. The number of benzene rings is 3. The molecule has 3 aromatic rings. The van der Waals surface area contributed by atoms with E-state index < -0.39 is 0 Å². The van der Waals surface area contributed by atoms with Gasteiger partial charge in [0, 0.05) is 6.61 Å². The van der Waals surface area contributed by atoms with E-state index in [-0.39, 0.29) is 18.2 Å². The summed E-state index contributed by atoms with van der Waals surface area (Å²) in [5, 5.41) is 0. The summed E-state index contributed by atoms with van der Waals surface area (Å²) < 4.78 is 12.2. The van der Waals surface area contributed by atoms with Gasteiger partial charge in [-0.25, -0.2) is 4.79 Å². The van der Waals surface area contributed by atoms with Crippen LogP contribution in [0.15, 0.2) is 72.8 Å². The zero-order valence-electron chi connectivity index (χ0n) is 28.1. The van der Waals surface area contributed by atoms with Crippen molar-refractivity contribution in [3.63, 3.8) is 0 Å². The van der Waals surface area contributed by atoms with Gasteiger partial charge in [0.2, 0.25) is 0 Å². The predicted octanol–water partition coefficient (Wildman–Crippen LogP) is 12.5. The molecule has 2 atom stereocenters. The normalized spacial score (nSPS) is 12.6. The Kier molecular flexibility index (Phi) is 16.9. The summed E-state index contributed by atoms with van der Waals surface area (Å²) in [4.78, 5) is 13.4. The first-order valence-electron chi connectivity index (χ1n) is 17.7. The smallest absolute Gasteiger partial charge is 0.339 e. The van der Waals surface area contributed by atoms with Crippen molar-refractivity contribution in [1.82, 2.24) is 0 Å². The van der Waals surface area contributed by atoms with Gasteiger partial charge in [-0.3, -0.25) is 0 Å². The van der Waals surface area contributed by atoms with Crippen molar-refractivity contribution in [3.05, 3.63) is 83.9 Å². The van der Waals surface area contributed by atoms with E-state index in [1.807, 2.05) is 24.3 Å². The van der Waals surface area contributed by atoms with Crippen molar-refractivity contribution in [3.8, 4) is 22.3 Å². The molecule has 0 aliphatic carbocycles. The monoisotopic (exact) mass is 598 g/mol. The van der Waals surface area contributed by atoms with Gasteiger partial charge in [-0.05, 0) is 66.5 Å². The summed E-state index contributed by atoms with van der Waals surface area (Å²) in [7, 11) is 0. The van der Waals surface area contributed by atoms with Gasteiger partial charge in [-0.2, -0.15) is 0 Å². The summed E-state index contributed by atoms with van der Waals surface area (Å²) in [6, 6.07) is 25.1. The lowest BCUT2D eigenvalue weighted by molar-refractivity contribution is 0.0254. The molecule has 3 nitrogen and oxygen atoms in total. The number of unbranched alkanes of at least 4 members (excludes halogenated alkanes) is 10. The molecular formula is C41H58O3. The van der Waals surface area contributed by atoms with Crippen molar-refractivity contribution >= 4 is 5.97 Å². The Balaban J connectivity index is 1.57. The molecule has 44 heavy (non-hydrogen) atoms. The summed E-state index contributed by atoms with van der Waals surface area (Å²) in [6.45, 7) is 9.63. The summed E-state index contributed by atoms with van der Waals surface area (Å²) in [5.41, 5.74) is 6.13. The minimum atomic E-state index is -0.211. The second kappa shape index (κ2) is 20.9. The summed E-state index contributed by atoms with van der Waals surface area (Å²) in [5.74, 6) is -0.211. The van der Waals surface area contributed by atoms with Gasteiger partial charge in [0.15, 0.2) is 0 Å². The fraction of sp³-hybridized carbons (Fsp3) is 0.537. The van der Waals surface area contributed by atoms with E-state index >= 15 is 0 Å². The average molecular weight is 599 g/mol. The highest BCUT2D eigenvalue weighted by Gasteiger charge is 2.19. The first-order valence-corrected chi connectivity index (χ1v) is 17.7. The third-order valence-electron chi connectivity index (χ3n) is 8.69. The lowest BCUT2D eigenvalue weighted by Gasteiger charge is -2.19.